The summed E-state index contributed by atoms with van der Waals surface area (Å²) in [5, 5.41) is 16.1. The Morgan fingerprint density at radius 3 is 2.62 bits per heavy atom. The van der Waals surface area contributed by atoms with Crippen molar-refractivity contribution in [2.24, 2.45) is 10.2 Å². The summed E-state index contributed by atoms with van der Waals surface area (Å²) in [7, 11) is 1.64. The van der Waals surface area contributed by atoms with Crippen LogP contribution in [0.2, 0.25) is 0 Å². The zero-order chi connectivity index (χ0) is 22.3. The largest absolute Gasteiger partial charge is 0.382 e. The van der Waals surface area contributed by atoms with Crippen molar-refractivity contribution in [2.45, 2.75) is 38.3 Å². The van der Waals surface area contributed by atoms with Crippen molar-refractivity contribution >= 4 is 23.0 Å². The molecule has 32 heavy (non-hydrogen) atoms. The minimum absolute atomic E-state index is 0.205. The van der Waals surface area contributed by atoms with Crippen LogP contribution < -0.4 is 11.1 Å². The van der Waals surface area contributed by atoms with E-state index in [0.29, 0.717) is 17.8 Å². The molecule has 2 saturated heterocycles. The molecule has 0 spiro atoms. The third kappa shape index (κ3) is 3.69. The number of hydrogen-bond donors (Lipinski definition) is 2. The Labute approximate surface area is 186 Å². The van der Waals surface area contributed by atoms with Crippen molar-refractivity contribution in [1.82, 2.24) is 24.5 Å². The molecule has 2 aliphatic rings. The fraction of sp³-hybridized carbons (Fsp3) is 0.500. The van der Waals surface area contributed by atoms with E-state index < -0.39 is 0 Å². The Morgan fingerprint density at radius 2 is 1.97 bits per heavy atom. The van der Waals surface area contributed by atoms with Crippen LogP contribution in [0.1, 0.15) is 25.5 Å². The van der Waals surface area contributed by atoms with Crippen LogP contribution in [0.4, 0.5) is 17.5 Å². The van der Waals surface area contributed by atoms with Crippen molar-refractivity contribution < 1.29 is 4.74 Å². The first kappa shape index (κ1) is 20.8. The first-order valence-corrected chi connectivity index (χ1v) is 11.0. The second-order valence-electron chi connectivity index (χ2n) is 8.84. The molecule has 3 N–H and O–H groups in total. The second-order valence-corrected chi connectivity index (χ2v) is 8.84. The Bertz CT molecular complexity index is 1160. The smallest absolute Gasteiger partial charge is 0.243 e. The topological polar surface area (TPSA) is 118 Å². The molecule has 5 rings (SSSR count). The molecule has 168 valence electrons. The number of nitrogens with one attached hydrogen (secondary N) is 1. The third-order valence-electron chi connectivity index (χ3n) is 6.50. The minimum Gasteiger partial charge on any atom is -0.382 e. The van der Waals surface area contributed by atoms with Crippen LogP contribution in [0.25, 0.3) is 16.8 Å². The van der Waals surface area contributed by atoms with E-state index in [-0.39, 0.29) is 5.54 Å². The van der Waals surface area contributed by atoms with Gasteiger partial charge in [0.1, 0.15) is 11.2 Å². The molecule has 0 amide bonds. The summed E-state index contributed by atoms with van der Waals surface area (Å²) in [6.07, 6.45) is 3.97. The Morgan fingerprint density at radius 1 is 1.19 bits per heavy atom. The maximum absolute atomic E-state index is 6.37. The van der Waals surface area contributed by atoms with Crippen LogP contribution in [-0.4, -0.2) is 69.4 Å². The molecule has 10 nitrogen and oxygen atoms in total. The van der Waals surface area contributed by atoms with Crippen molar-refractivity contribution in [3.8, 4) is 11.3 Å². The van der Waals surface area contributed by atoms with Gasteiger partial charge in [-0.3, -0.25) is 9.88 Å². The molecule has 0 bridgehead atoms. The average molecular weight is 436 g/mol. The molecular weight excluding hydrogens is 406 g/mol. The highest BCUT2D eigenvalue weighted by atomic mass is 16.5. The van der Waals surface area contributed by atoms with Gasteiger partial charge in [-0.15, -0.1) is 5.10 Å². The number of fused-ring (bicyclic) bond motifs is 1. The summed E-state index contributed by atoms with van der Waals surface area (Å²) < 4.78 is 7.19. The van der Waals surface area contributed by atoms with Crippen molar-refractivity contribution in [3.05, 3.63) is 30.1 Å². The van der Waals surface area contributed by atoms with E-state index in [0.717, 1.165) is 67.3 Å². The van der Waals surface area contributed by atoms with Crippen molar-refractivity contribution in [3.63, 3.8) is 0 Å². The highest BCUT2D eigenvalue weighted by Crippen LogP contribution is 2.31. The Hall–Kier alpha value is -3.11. The van der Waals surface area contributed by atoms with Gasteiger partial charge >= 0.3 is 0 Å². The van der Waals surface area contributed by atoms with Crippen LogP contribution in [-0.2, 0) is 4.74 Å². The van der Waals surface area contributed by atoms with Gasteiger partial charge in [0.15, 0.2) is 5.82 Å². The lowest BCUT2D eigenvalue weighted by molar-refractivity contribution is -0.135. The number of nitrogens with zero attached hydrogens (tertiary/aromatic N) is 7. The first-order valence-electron chi connectivity index (χ1n) is 11.0. The van der Waals surface area contributed by atoms with Gasteiger partial charge in [0.2, 0.25) is 5.95 Å². The van der Waals surface area contributed by atoms with Gasteiger partial charge in [0.05, 0.1) is 30.1 Å². The monoisotopic (exact) mass is 435 g/mol. The lowest BCUT2D eigenvalue weighted by atomic mass is 9.93. The quantitative estimate of drug-likeness (QED) is 0.591. The maximum Gasteiger partial charge on any atom is 0.243 e. The number of aromatic nitrogens is 4. The molecule has 0 unspecified atom stereocenters. The first-order chi connectivity index (χ1) is 15.5. The molecule has 0 radical (unpaired) electrons. The number of nitrogens with two attached hydrogens (primary N) is 1. The van der Waals surface area contributed by atoms with E-state index in [1.807, 2.05) is 31.3 Å². The molecule has 0 aromatic carbocycles. The molecule has 10 heteroatoms. The van der Waals surface area contributed by atoms with Gasteiger partial charge in [-0.2, -0.15) is 15.2 Å². The molecule has 0 aliphatic carbocycles. The van der Waals surface area contributed by atoms with E-state index >= 15 is 0 Å². The van der Waals surface area contributed by atoms with Crippen LogP contribution in [0.15, 0.2) is 34.6 Å². The molecule has 3 aromatic rings. The van der Waals surface area contributed by atoms with E-state index in [1.54, 1.807) is 11.6 Å². The van der Waals surface area contributed by atoms with E-state index in [1.165, 1.54) is 0 Å². The number of pyridine rings is 1. The van der Waals surface area contributed by atoms with E-state index in [9.17, 15) is 0 Å². The number of rotatable bonds is 5. The number of ether oxygens (including phenoxy) is 1. The lowest BCUT2D eigenvalue weighted by Gasteiger charge is -2.49. The molecule has 5 heterocycles. The molecular formula is C22H29N9O. The predicted molar refractivity (Wildman–Crippen MR) is 123 cm³/mol. The van der Waals surface area contributed by atoms with Crippen LogP contribution >= 0.6 is 0 Å². The number of hydrogen-bond acceptors (Lipinski definition) is 9. The normalized spacial score (nSPS) is 19.5. The maximum atomic E-state index is 6.37. The number of anilines is 2. The summed E-state index contributed by atoms with van der Waals surface area (Å²) in [5.41, 5.74) is 10.6. The number of likely N-dealkylation sites (tertiary alicyclic amines) is 1. The minimum atomic E-state index is 0.205. The van der Waals surface area contributed by atoms with Gasteiger partial charge in [-0.1, -0.05) is 0 Å². The van der Waals surface area contributed by atoms with Crippen molar-refractivity contribution in [2.75, 3.05) is 44.4 Å². The highest BCUT2D eigenvalue weighted by molar-refractivity contribution is 5.86. The summed E-state index contributed by atoms with van der Waals surface area (Å²) in [5.74, 6) is 0.979. The number of piperidine rings is 1. The SMILES string of the molecule is CN=Nc1ccc(-c2ccn3nc(NC4CCN(C5(C)COC5)CC4)nc(N)c23)nc1C. The fourth-order valence-corrected chi connectivity index (χ4v) is 4.56. The average Bonchev–Trinajstić information content (AvgIpc) is 3.19. The molecule has 3 aromatic heterocycles. The molecule has 0 saturated carbocycles. The summed E-state index contributed by atoms with van der Waals surface area (Å²) in [6, 6.07) is 6.11. The third-order valence-corrected chi connectivity index (χ3v) is 6.50. The predicted octanol–water partition coefficient (Wildman–Crippen LogP) is 3.06. The van der Waals surface area contributed by atoms with Crippen LogP contribution in [0.5, 0.6) is 0 Å². The summed E-state index contributed by atoms with van der Waals surface area (Å²) in [4.78, 5) is 11.8. The van der Waals surface area contributed by atoms with Crippen molar-refractivity contribution in [1.29, 1.82) is 0 Å². The number of aryl methyl sites for hydroxylation is 1. The van der Waals surface area contributed by atoms with Gasteiger partial charge in [0.25, 0.3) is 0 Å². The zero-order valence-corrected chi connectivity index (χ0v) is 18.7. The molecule has 2 aliphatic heterocycles. The summed E-state index contributed by atoms with van der Waals surface area (Å²) >= 11 is 0. The molecule has 0 atom stereocenters. The Balaban J connectivity index is 1.34. The van der Waals surface area contributed by atoms with E-state index in [2.05, 4.69) is 42.4 Å². The standard InChI is InChI=1S/C22H29N9O/c1-14-17(28-24-3)4-5-18(25-14)16-8-11-31-19(16)20(23)27-21(29-31)26-15-6-9-30(10-7-15)22(2)12-32-13-22/h4-5,8,11,15H,6-7,9-10,12-13H2,1-3H3,(H3,23,26,27,29). The highest BCUT2D eigenvalue weighted by Gasteiger charge is 2.40. The van der Waals surface area contributed by atoms with Gasteiger partial charge in [0, 0.05) is 37.9 Å². The summed E-state index contributed by atoms with van der Waals surface area (Å²) in [6.45, 7) is 7.94. The Kier molecular flexibility index (Phi) is 5.26. The van der Waals surface area contributed by atoms with Crippen LogP contribution in [0, 0.1) is 6.92 Å². The van der Waals surface area contributed by atoms with Gasteiger partial charge < -0.3 is 15.8 Å². The second kappa shape index (κ2) is 8.10. The number of nitrogen functional groups attached to an aromatic ring is 1. The van der Waals surface area contributed by atoms with Gasteiger partial charge in [-0.25, -0.2) is 4.52 Å². The fourth-order valence-electron chi connectivity index (χ4n) is 4.56. The molecule has 2 fully saturated rings. The number of azo groups is 1. The lowest BCUT2D eigenvalue weighted by Crippen LogP contribution is -2.62. The van der Waals surface area contributed by atoms with Gasteiger partial charge in [-0.05, 0) is 44.9 Å². The zero-order valence-electron chi connectivity index (χ0n) is 18.7. The van der Waals surface area contributed by atoms with E-state index in [4.69, 9.17) is 10.5 Å². The van der Waals surface area contributed by atoms with Crippen LogP contribution in [0.3, 0.4) is 0 Å².